The first-order chi connectivity index (χ1) is 19.4. The van der Waals surface area contributed by atoms with Crippen molar-refractivity contribution in [3.8, 4) is 17.6 Å². The lowest BCUT2D eigenvalue weighted by molar-refractivity contribution is -0.134. The van der Waals surface area contributed by atoms with Gasteiger partial charge in [-0.05, 0) is 87.0 Å². The van der Waals surface area contributed by atoms with Crippen LogP contribution in [-0.4, -0.2) is 71.5 Å². The van der Waals surface area contributed by atoms with Crippen LogP contribution in [-0.2, 0) is 9.36 Å². The van der Waals surface area contributed by atoms with E-state index in [1.807, 2.05) is 4.90 Å². The number of piperidine rings is 1. The number of alkyl halides is 3. The molecule has 1 aliphatic carbocycles. The molecule has 13 heteroatoms. The highest BCUT2D eigenvalue weighted by molar-refractivity contribution is 8.00. The van der Waals surface area contributed by atoms with Gasteiger partial charge in [-0.2, -0.15) is 18.3 Å². The van der Waals surface area contributed by atoms with E-state index in [1.165, 1.54) is 11.6 Å². The summed E-state index contributed by atoms with van der Waals surface area (Å²) in [5.41, 5.74) is -3.70. The van der Waals surface area contributed by atoms with Crippen molar-refractivity contribution in [1.82, 2.24) is 14.5 Å². The van der Waals surface area contributed by atoms with Crippen molar-refractivity contribution >= 4 is 47.1 Å². The van der Waals surface area contributed by atoms with Crippen LogP contribution in [0.5, 0.6) is 5.75 Å². The molecule has 2 aromatic heterocycles. The topological polar surface area (TPSA) is 88.0 Å². The number of likely N-dealkylation sites (tertiary alicyclic amines) is 1. The van der Waals surface area contributed by atoms with Gasteiger partial charge in [0.2, 0.25) is 5.91 Å². The average molecular weight is 606 g/mol. The van der Waals surface area contributed by atoms with Gasteiger partial charge in [0, 0.05) is 17.9 Å². The summed E-state index contributed by atoms with van der Waals surface area (Å²) in [6, 6.07) is 9.92. The van der Waals surface area contributed by atoms with Gasteiger partial charge in [-0.25, -0.2) is 4.52 Å². The fourth-order valence-electron chi connectivity index (χ4n) is 4.84. The van der Waals surface area contributed by atoms with Crippen LogP contribution >= 0.6 is 18.9 Å². The molecular formula is C28H31F3N5O3PS. The number of hydrogen-bond acceptors (Lipinski definition) is 7. The molecule has 2 aliphatic rings. The highest BCUT2D eigenvalue weighted by atomic mass is 32.2. The van der Waals surface area contributed by atoms with Gasteiger partial charge in [0.25, 0.3) is 0 Å². The van der Waals surface area contributed by atoms with E-state index in [0.29, 0.717) is 35.0 Å². The number of fused-ring (bicyclic) bond motifs is 1. The molecule has 0 radical (unpaired) electrons. The minimum atomic E-state index is -4.54. The van der Waals surface area contributed by atoms with Gasteiger partial charge in [0.1, 0.15) is 30.4 Å². The molecule has 1 amide bonds. The van der Waals surface area contributed by atoms with E-state index in [0.717, 1.165) is 25.8 Å². The maximum absolute atomic E-state index is 13.6. The molecule has 41 heavy (non-hydrogen) atoms. The molecule has 1 aliphatic heterocycles. The third-order valence-corrected chi connectivity index (χ3v) is 9.35. The third-order valence-electron chi connectivity index (χ3n) is 6.99. The van der Waals surface area contributed by atoms with Gasteiger partial charge in [-0.15, -0.1) is 0 Å². The number of methoxy groups -OCH3 is 1. The smallest absolute Gasteiger partial charge is 0.446 e. The Morgan fingerprint density at radius 2 is 1.98 bits per heavy atom. The number of thioether (sulfide) groups is 1. The predicted molar refractivity (Wildman–Crippen MR) is 156 cm³/mol. The predicted octanol–water partition coefficient (Wildman–Crippen LogP) is 5.23. The number of hydrogen-bond donors (Lipinski definition) is 2. The lowest BCUT2D eigenvalue weighted by atomic mass is 10.0. The quantitative estimate of drug-likeness (QED) is 0.207. The fraction of sp³-hybridized carbons (Fsp3) is 0.429. The van der Waals surface area contributed by atoms with Crippen molar-refractivity contribution in [1.29, 1.82) is 0 Å². The Kier molecular flexibility index (Phi) is 8.22. The Labute approximate surface area is 240 Å². The molecule has 218 valence electrons. The molecule has 3 aromatic rings. The summed E-state index contributed by atoms with van der Waals surface area (Å²) in [5, 5.41) is 11.4. The summed E-state index contributed by atoms with van der Waals surface area (Å²) >= 11 is -0.260. The van der Waals surface area contributed by atoms with Crippen LogP contribution in [0.3, 0.4) is 0 Å². The minimum absolute atomic E-state index is 0.0156. The monoisotopic (exact) mass is 605 g/mol. The zero-order valence-electron chi connectivity index (χ0n) is 22.9. The SMILES string of the molecule is COc1cc(P(C)(C)=O)ccc1NCC#Cc1nn2c(NC3CCCN(C4CC4)C3=O)cccc2c1SC(F)(F)F. The number of ether oxygens (including phenoxy) is 1. The third kappa shape index (κ3) is 6.79. The van der Waals surface area contributed by atoms with Gasteiger partial charge >= 0.3 is 5.51 Å². The number of benzene rings is 1. The van der Waals surface area contributed by atoms with E-state index >= 15 is 0 Å². The fourth-order valence-corrected chi connectivity index (χ4v) is 6.38. The van der Waals surface area contributed by atoms with Crippen molar-refractivity contribution in [2.75, 3.05) is 44.2 Å². The zero-order valence-corrected chi connectivity index (χ0v) is 24.6. The number of rotatable bonds is 8. The number of pyridine rings is 1. The van der Waals surface area contributed by atoms with Crippen molar-refractivity contribution in [3.05, 3.63) is 42.1 Å². The van der Waals surface area contributed by atoms with Crippen molar-refractivity contribution in [2.45, 2.75) is 48.2 Å². The van der Waals surface area contributed by atoms with Crippen molar-refractivity contribution in [3.63, 3.8) is 0 Å². The van der Waals surface area contributed by atoms with Crippen molar-refractivity contribution in [2.24, 2.45) is 0 Å². The maximum Gasteiger partial charge on any atom is 0.446 e. The first-order valence-electron chi connectivity index (χ1n) is 13.3. The van der Waals surface area contributed by atoms with Crippen LogP contribution in [0.1, 0.15) is 31.4 Å². The Morgan fingerprint density at radius 1 is 1.20 bits per heavy atom. The molecule has 0 bridgehead atoms. The van der Waals surface area contributed by atoms with Gasteiger partial charge in [0.05, 0.1) is 29.8 Å². The van der Waals surface area contributed by atoms with Crippen LogP contribution in [0.25, 0.3) is 5.52 Å². The normalized spacial score (nSPS) is 17.8. The zero-order chi connectivity index (χ0) is 29.4. The van der Waals surface area contributed by atoms with Crippen LogP contribution in [0.4, 0.5) is 24.7 Å². The number of halogens is 3. The molecule has 3 heterocycles. The lowest BCUT2D eigenvalue weighted by Gasteiger charge is -2.33. The Hall–Kier alpha value is -3.29. The average Bonchev–Trinajstić information content (AvgIpc) is 3.70. The largest absolute Gasteiger partial charge is 0.495 e. The highest BCUT2D eigenvalue weighted by Crippen LogP contribution is 2.41. The number of carbonyl (C=O) groups excluding carboxylic acids is 1. The van der Waals surface area contributed by atoms with Gasteiger partial charge in [0.15, 0.2) is 0 Å². The summed E-state index contributed by atoms with van der Waals surface area (Å²) in [5.74, 6) is 6.58. The number of nitrogens with zero attached hydrogens (tertiary/aromatic N) is 3. The molecule has 8 nitrogen and oxygen atoms in total. The summed E-state index contributed by atoms with van der Waals surface area (Å²) in [7, 11) is -0.979. The number of aromatic nitrogens is 2. The summed E-state index contributed by atoms with van der Waals surface area (Å²) in [6.07, 6.45) is 3.53. The standard InChI is InChI=1S/C28H31F3N5O3PS/c1-39-24-17-19(40(2,3)38)13-14-20(24)32-15-5-7-21-26(41-28(29,30)31)23-9-4-10-25(36(23)34-21)33-22-8-6-16-35(27(22)37)18-11-12-18/h4,9-10,13-14,17-18,22,32-33H,6,8,11-12,15-16H2,1-3H3. The van der Waals surface area contributed by atoms with Gasteiger partial charge in [-0.1, -0.05) is 12.0 Å². The van der Waals surface area contributed by atoms with E-state index in [-0.39, 0.29) is 40.3 Å². The number of carbonyl (C=O) groups is 1. The summed E-state index contributed by atoms with van der Waals surface area (Å²) in [6.45, 7) is 4.18. The Morgan fingerprint density at radius 3 is 2.66 bits per heavy atom. The van der Waals surface area contributed by atoms with Crippen LogP contribution < -0.4 is 20.7 Å². The maximum atomic E-state index is 13.6. The Balaban J connectivity index is 1.40. The van der Waals surface area contributed by atoms with E-state index in [4.69, 9.17) is 4.74 Å². The molecule has 1 atom stereocenters. The molecule has 1 saturated carbocycles. The second kappa shape index (κ2) is 11.5. The molecule has 1 aromatic carbocycles. The Bertz CT molecular complexity index is 1570. The van der Waals surface area contributed by atoms with E-state index in [2.05, 4.69) is 27.6 Å². The summed E-state index contributed by atoms with van der Waals surface area (Å²) < 4.78 is 59.9. The molecule has 2 fully saturated rings. The second-order valence-electron chi connectivity index (χ2n) is 10.4. The van der Waals surface area contributed by atoms with Crippen LogP contribution in [0, 0.1) is 11.8 Å². The van der Waals surface area contributed by atoms with Crippen LogP contribution in [0.2, 0.25) is 0 Å². The number of anilines is 2. The molecule has 1 saturated heterocycles. The lowest BCUT2D eigenvalue weighted by Crippen LogP contribution is -2.48. The molecule has 5 rings (SSSR count). The summed E-state index contributed by atoms with van der Waals surface area (Å²) in [4.78, 5) is 14.8. The second-order valence-corrected chi connectivity index (χ2v) is 14.7. The molecular weight excluding hydrogens is 574 g/mol. The first kappa shape index (κ1) is 29.2. The molecule has 0 spiro atoms. The molecule has 2 N–H and O–H groups in total. The number of nitrogens with one attached hydrogen (secondary N) is 2. The first-order valence-corrected chi connectivity index (χ1v) is 16.7. The van der Waals surface area contributed by atoms with Gasteiger partial charge in [-0.3, -0.25) is 4.79 Å². The highest BCUT2D eigenvalue weighted by Gasteiger charge is 2.38. The van der Waals surface area contributed by atoms with Crippen LogP contribution in [0.15, 0.2) is 41.3 Å². The van der Waals surface area contributed by atoms with E-state index in [9.17, 15) is 22.5 Å². The van der Waals surface area contributed by atoms with E-state index < -0.39 is 18.7 Å². The van der Waals surface area contributed by atoms with E-state index in [1.54, 1.807) is 49.7 Å². The number of amides is 1. The van der Waals surface area contributed by atoms with Gasteiger partial charge < -0.3 is 24.8 Å². The minimum Gasteiger partial charge on any atom is -0.495 e. The molecule has 1 unspecified atom stereocenters. The van der Waals surface area contributed by atoms with Crippen molar-refractivity contribution < 1.29 is 27.3 Å².